The first-order chi connectivity index (χ1) is 44.4. The summed E-state index contributed by atoms with van der Waals surface area (Å²) < 4.78 is 21.5. The molecule has 10 aromatic rings. The molecule has 1 fully saturated rings. The fourth-order valence-corrected chi connectivity index (χ4v) is 13.0. The van der Waals surface area contributed by atoms with Crippen LogP contribution < -0.4 is 25.0 Å². The number of carboxylic acids is 1. The predicted molar refractivity (Wildman–Crippen MR) is 357 cm³/mol. The Morgan fingerprint density at radius 3 is 1.91 bits per heavy atom. The van der Waals surface area contributed by atoms with Gasteiger partial charge in [-0.3, -0.25) is 24.6 Å². The number of imide groups is 1. The molecule has 18 nitrogen and oxygen atoms in total. The number of aromatic nitrogens is 6. The summed E-state index contributed by atoms with van der Waals surface area (Å²) >= 11 is 2.43. The number of carbonyl (C=O) groups excluding carboxylic acids is 4. The number of aryl methyl sites for hydroxylation is 1. The quantitative estimate of drug-likeness (QED) is 0.0400. The Balaban J connectivity index is 0.789. The number of nitrogens with one attached hydrogen (secondary N) is 2. The van der Waals surface area contributed by atoms with Gasteiger partial charge in [-0.25, -0.2) is 19.3 Å². The number of anilines is 2. The summed E-state index contributed by atoms with van der Waals surface area (Å²) in [6.07, 6.45) is 1.03. The molecule has 11 rings (SSSR count). The van der Waals surface area contributed by atoms with Crippen LogP contribution in [0.1, 0.15) is 96.1 Å². The van der Waals surface area contributed by atoms with Crippen LogP contribution in [0.5, 0.6) is 17.2 Å². The number of nitrogens with zero attached hydrogens (tertiary/aromatic N) is 7. The highest BCUT2D eigenvalue weighted by Gasteiger charge is 2.42. The number of tetrazole rings is 1. The van der Waals surface area contributed by atoms with Crippen molar-refractivity contribution in [2.24, 2.45) is 0 Å². The topological polar surface area (TPSA) is 222 Å². The predicted octanol–water partition coefficient (Wildman–Crippen LogP) is 14.7. The van der Waals surface area contributed by atoms with E-state index in [4.69, 9.17) is 29.5 Å². The zero-order valence-electron chi connectivity index (χ0n) is 51.5. The van der Waals surface area contributed by atoms with E-state index in [-0.39, 0.29) is 35.2 Å². The molecule has 20 heteroatoms. The summed E-state index contributed by atoms with van der Waals surface area (Å²) in [6, 6.07) is 66.3. The van der Waals surface area contributed by atoms with Crippen LogP contribution >= 0.6 is 23.5 Å². The third-order valence-electron chi connectivity index (χ3n) is 15.4. The molecule has 8 aromatic carbocycles. The zero-order chi connectivity index (χ0) is 64.5. The second-order valence-electron chi connectivity index (χ2n) is 23.0. The second kappa shape index (κ2) is 27.8. The van der Waals surface area contributed by atoms with Crippen molar-refractivity contribution in [1.82, 2.24) is 35.1 Å². The highest BCUT2D eigenvalue weighted by atomic mass is 32.2. The lowest BCUT2D eigenvalue weighted by atomic mass is 9.77. The highest BCUT2D eigenvalue weighted by Crippen LogP contribution is 2.44. The summed E-state index contributed by atoms with van der Waals surface area (Å²) in [5.74, 6) is 0.627. The molecule has 0 spiro atoms. The molecule has 1 saturated heterocycles. The average molecular weight is 1270 g/mol. The number of carboxylic acid groups (broad SMARTS) is 1. The van der Waals surface area contributed by atoms with Crippen LogP contribution in [0, 0.1) is 0 Å². The van der Waals surface area contributed by atoms with Crippen molar-refractivity contribution in [2.45, 2.75) is 87.0 Å². The van der Waals surface area contributed by atoms with Gasteiger partial charge in [-0.1, -0.05) is 170 Å². The summed E-state index contributed by atoms with van der Waals surface area (Å²) in [7, 11) is 1.53. The Kier molecular flexibility index (Phi) is 19.1. The van der Waals surface area contributed by atoms with Gasteiger partial charge in [-0.05, 0) is 138 Å². The molecule has 92 heavy (non-hydrogen) atoms. The summed E-state index contributed by atoms with van der Waals surface area (Å²) in [5, 5.41) is 28.7. The lowest BCUT2D eigenvalue weighted by Crippen LogP contribution is -2.39. The molecular weight excluding hydrogens is 1200 g/mol. The first-order valence-corrected chi connectivity index (χ1v) is 31.8. The number of aromatic carboxylic acids is 1. The van der Waals surface area contributed by atoms with Gasteiger partial charge < -0.3 is 29.2 Å². The van der Waals surface area contributed by atoms with Crippen molar-refractivity contribution in [2.75, 3.05) is 23.9 Å². The number of imidazole rings is 1. The third-order valence-corrected chi connectivity index (χ3v) is 17.5. The van der Waals surface area contributed by atoms with Crippen LogP contribution in [-0.4, -0.2) is 88.5 Å². The molecule has 2 unspecified atom stereocenters. The van der Waals surface area contributed by atoms with Crippen LogP contribution in [0.25, 0.3) is 22.5 Å². The third kappa shape index (κ3) is 14.2. The normalized spacial score (nSPS) is 13.5. The lowest BCUT2D eigenvalue weighted by molar-refractivity contribution is -0.119. The van der Waals surface area contributed by atoms with Crippen LogP contribution in [0.3, 0.4) is 0 Å². The van der Waals surface area contributed by atoms with Gasteiger partial charge in [0.25, 0.3) is 11.1 Å². The number of benzene rings is 8. The number of rotatable bonds is 23. The van der Waals surface area contributed by atoms with E-state index in [1.165, 1.54) is 23.7 Å². The zero-order valence-corrected chi connectivity index (χ0v) is 53.1. The van der Waals surface area contributed by atoms with Gasteiger partial charge in [0.05, 0.1) is 27.6 Å². The van der Waals surface area contributed by atoms with Crippen molar-refractivity contribution >= 4 is 64.0 Å². The average Bonchev–Trinajstić information content (AvgIpc) is 1.20. The number of hydrogen-bond acceptors (Lipinski definition) is 14. The van der Waals surface area contributed by atoms with E-state index in [1.807, 2.05) is 120 Å². The molecule has 466 valence electrons. The van der Waals surface area contributed by atoms with Crippen LogP contribution in [-0.2, 0) is 39.3 Å². The van der Waals surface area contributed by atoms with E-state index in [0.29, 0.717) is 58.8 Å². The van der Waals surface area contributed by atoms with E-state index in [1.54, 1.807) is 75.4 Å². The first-order valence-electron chi connectivity index (χ1n) is 30.0. The van der Waals surface area contributed by atoms with Gasteiger partial charge in [-0.15, -0.1) is 16.9 Å². The molecule has 2 atom stereocenters. The summed E-state index contributed by atoms with van der Waals surface area (Å²) in [4.78, 5) is 71.0. The number of ether oxygens (including phenoxy) is 3. The molecule has 3 N–H and O–H groups in total. The maximum absolute atomic E-state index is 13.4. The molecule has 0 aliphatic carbocycles. The maximum Gasteiger partial charge on any atom is 0.414 e. The second-order valence-corrected chi connectivity index (χ2v) is 25.6. The summed E-state index contributed by atoms with van der Waals surface area (Å²) in [5.41, 5.74) is 6.79. The van der Waals surface area contributed by atoms with E-state index < -0.39 is 34.4 Å². The Labute approximate surface area is 541 Å². The molecule has 3 heterocycles. The van der Waals surface area contributed by atoms with Gasteiger partial charge in [-0.2, -0.15) is 0 Å². The molecule has 0 saturated carbocycles. The molecular formula is C72H67N9O9S2. The van der Waals surface area contributed by atoms with E-state index >= 15 is 0 Å². The largest absolute Gasteiger partial charge is 0.484 e. The smallest absolute Gasteiger partial charge is 0.414 e. The van der Waals surface area contributed by atoms with Crippen molar-refractivity contribution in [1.29, 1.82) is 0 Å². The fourth-order valence-electron chi connectivity index (χ4n) is 11.2. The van der Waals surface area contributed by atoms with Gasteiger partial charge in [0.1, 0.15) is 34.2 Å². The SMILES string of the molecule is CCCc1nc(C(C)Sc2ccc(Oc3ccc(NC(=O)COc4ccc(CC5SC(=O)NC5=O)cc4)c(N(C)C(=O)OC(C)(C)C)c3)cc2)c(C(=O)O)n1Cc1ccc(-c2ccccc2-c2nnnn2C(c2ccccc2)(c2ccccc2)c2ccccc2)cc1. The molecule has 0 bridgehead atoms. The number of hydrogen-bond donors (Lipinski definition) is 3. The number of amides is 4. The summed E-state index contributed by atoms with van der Waals surface area (Å²) in [6.45, 7) is 9.20. The monoisotopic (exact) mass is 1270 g/mol. The Morgan fingerprint density at radius 1 is 0.739 bits per heavy atom. The van der Waals surface area contributed by atoms with Crippen LogP contribution in [0.2, 0.25) is 0 Å². The lowest BCUT2D eigenvalue weighted by Gasteiger charge is -2.36. The maximum atomic E-state index is 13.4. The fraction of sp³-hybridized carbons (Fsp3) is 0.208. The van der Waals surface area contributed by atoms with Gasteiger partial charge in [0, 0.05) is 36.5 Å². The minimum absolute atomic E-state index is 0.131. The number of thioether (sulfide) groups is 2. The molecule has 4 amide bonds. The van der Waals surface area contributed by atoms with Crippen molar-refractivity contribution in [3.63, 3.8) is 0 Å². The Hall–Kier alpha value is -10.3. The van der Waals surface area contributed by atoms with Gasteiger partial charge >= 0.3 is 12.1 Å². The highest BCUT2D eigenvalue weighted by molar-refractivity contribution is 8.15. The number of carbonyl (C=O) groups is 5. The van der Waals surface area contributed by atoms with Crippen LogP contribution in [0.4, 0.5) is 21.0 Å². The molecule has 2 aromatic heterocycles. The first kappa shape index (κ1) is 63.3. The minimum atomic E-state index is -1.07. The van der Waals surface area contributed by atoms with Crippen molar-refractivity contribution in [3.8, 4) is 39.8 Å². The van der Waals surface area contributed by atoms with E-state index in [2.05, 4.69) is 70.4 Å². The Morgan fingerprint density at radius 2 is 1.33 bits per heavy atom. The van der Waals surface area contributed by atoms with Gasteiger partial charge in [0.15, 0.2) is 18.1 Å². The van der Waals surface area contributed by atoms with Crippen molar-refractivity contribution in [3.05, 3.63) is 251 Å². The van der Waals surface area contributed by atoms with Crippen molar-refractivity contribution < 1.29 is 43.3 Å². The van der Waals surface area contributed by atoms with E-state index in [9.17, 15) is 29.1 Å². The Bertz CT molecular complexity index is 4180. The molecule has 1 aliphatic heterocycles. The standard InChI is InChI=1S/C72H67N9O9S2/c1-7-19-62-74-64(46(2)91-56-39-36-54(37-40-56)89-55-38-41-59(60(43-55)79(6)70(87)90-71(3,4)5)73-63(82)45-88-53-34-30-47(31-35-53)42-61-67(83)75-69(86)92-61)65(68(84)85)80(62)44-48-28-32-49(33-29-48)57-26-17-18-27-58(57)66-76-77-78-81(66)72(50-20-11-8-12-21-50,51-22-13-9-14-23-51)52-24-15-10-16-25-52/h8-18,20-41,43,46,61H,7,19,42,44-45H2,1-6H3,(H,73,82)(H,84,85)(H,75,83,86). The molecule has 0 radical (unpaired) electrons. The van der Waals surface area contributed by atoms with Crippen LogP contribution in [0.15, 0.2) is 211 Å². The van der Waals surface area contributed by atoms with Gasteiger partial charge in [0.2, 0.25) is 5.91 Å². The minimum Gasteiger partial charge on any atom is -0.484 e. The van der Waals surface area contributed by atoms with E-state index in [0.717, 1.165) is 67.6 Å². The molecule has 1 aliphatic rings.